The molecule has 2 rings (SSSR count). The molecule has 0 aliphatic rings. The smallest absolute Gasteiger partial charge is 0.159 e. The predicted molar refractivity (Wildman–Crippen MR) is 70.2 cm³/mol. The van der Waals surface area contributed by atoms with Crippen LogP contribution in [0, 0.1) is 11.6 Å². The first-order valence-corrected chi connectivity index (χ1v) is 6.21. The number of halogens is 3. The van der Waals surface area contributed by atoms with Crippen LogP contribution < -0.4 is 4.74 Å². The van der Waals surface area contributed by atoms with Gasteiger partial charge in [-0.05, 0) is 35.9 Å². The van der Waals surface area contributed by atoms with Crippen LogP contribution in [-0.4, -0.2) is 6.29 Å². The zero-order chi connectivity index (χ0) is 13.8. The fourth-order valence-electron chi connectivity index (χ4n) is 1.53. The zero-order valence-electron chi connectivity index (χ0n) is 9.70. The highest BCUT2D eigenvalue weighted by atomic mass is 79.9. The number of carbonyl (C=O) groups excluding carboxylic acids is 1. The molecule has 0 heterocycles. The van der Waals surface area contributed by atoms with Gasteiger partial charge in [-0.2, -0.15) is 0 Å². The summed E-state index contributed by atoms with van der Waals surface area (Å²) in [5, 5.41) is 0. The second kappa shape index (κ2) is 5.93. The molecule has 0 radical (unpaired) electrons. The molecule has 98 valence electrons. The first-order chi connectivity index (χ1) is 9.10. The first kappa shape index (κ1) is 13.7. The van der Waals surface area contributed by atoms with E-state index in [-0.39, 0.29) is 6.61 Å². The highest BCUT2D eigenvalue weighted by Gasteiger charge is 2.06. The maximum atomic E-state index is 13.0. The molecule has 2 aromatic carbocycles. The molecule has 19 heavy (non-hydrogen) atoms. The third-order valence-corrected chi connectivity index (χ3v) is 2.97. The van der Waals surface area contributed by atoms with Crippen molar-refractivity contribution in [3.05, 3.63) is 63.6 Å². The van der Waals surface area contributed by atoms with Gasteiger partial charge in [-0.3, -0.25) is 4.79 Å². The maximum Gasteiger partial charge on any atom is 0.159 e. The predicted octanol–water partition coefficient (Wildman–Crippen LogP) is 4.12. The molecule has 2 nitrogen and oxygen atoms in total. The normalized spacial score (nSPS) is 10.3. The van der Waals surface area contributed by atoms with Crippen molar-refractivity contribution in [2.75, 3.05) is 0 Å². The summed E-state index contributed by atoms with van der Waals surface area (Å²) < 4.78 is 31.9. The number of hydrogen-bond acceptors (Lipinski definition) is 2. The molecule has 0 atom stereocenters. The van der Waals surface area contributed by atoms with Crippen molar-refractivity contribution in [1.29, 1.82) is 0 Å². The van der Waals surface area contributed by atoms with Crippen molar-refractivity contribution in [2.45, 2.75) is 6.61 Å². The van der Waals surface area contributed by atoms with Gasteiger partial charge in [0.05, 0.1) is 5.56 Å². The number of carbonyl (C=O) groups is 1. The van der Waals surface area contributed by atoms with Gasteiger partial charge in [0, 0.05) is 4.47 Å². The summed E-state index contributed by atoms with van der Waals surface area (Å²) in [5.74, 6) is -1.43. The third-order valence-electron chi connectivity index (χ3n) is 2.48. The fraction of sp³-hybridized carbons (Fsp3) is 0.0714. The van der Waals surface area contributed by atoms with Crippen LogP contribution in [0.5, 0.6) is 5.75 Å². The summed E-state index contributed by atoms with van der Waals surface area (Å²) >= 11 is 3.24. The number of hydrogen-bond donors (Lipinski definition) is 0. The van der Waals surface area contributed by atoms with Gasteiger partial charge in [0.15, 0.2) is 17.9 Å². The van der Waals surface area contributed by atoms with E-state index in [1.165, 1.54) is 6.07 Å². The van der Waals surface area contributed by atoms with Gasteiger partial charge in [0.1, 0.15) is 12.4 Å². The Morgan fingerprint density at radius 2 is 1.89 bits per heavy atom. The van der Waals surface area contributed by atoms with Crippen molar-refractivity contribution in [3.8, 4) is 5.75 Å². The highest BCUT2D eigenvalue weighted by Crippen LogP contribution is 2.22. The van der Waals surface area contributed by atoms with Crippen molar-refractivity contribution in [2.24, 2.45) is 0 Å². The van der Waals surface area contributed by atoms with Crippen molar-refractivity contribution >= 4 is 22.2 Å². The third kappa shape index (κ3) is 3.38. The minimum Gasteiger partial charge on any atom is -0.488 e. The SMILES string of the molecule is O=Cc1cc(Br)ccc1OCc1ccc(F)c(F)c1. The van der Waals surface area contributed by atoms with Crippen LogP contribution in [0.25, 0.3) is 0 Å². The number of aldehydes is 1. The topological polar surface area (TPSA) is 26.3 Å². The van der Waals surface area contributed by atoms with Crippen molar-refractivity contribution < 1.29 is 18.3 Å². The van der Waals surface area contributed by atoms with Crippen LogP contribution in [0.4, 0.5) is 8.78 Å². The van der Waals surface area contributed by atoms with Gasteiger partial charge in [-0.15, -0.1) is 0 Å². The quantitative estimate of drug-likeness (QED) is 0.790. The van der Waals surface area contributed by atoms with E-state index in [0.717, 1.165) is 16.6 Å². The molecule has 0 aliphatic heterocycles. The van der Waals surface area contributed by atoms with Crippen LogP contribution >= 0.6 is 15.9 Å². The minimum atomic E-state index is -0.924. The van der Waals surface area contributed by atoms with E-state index >= 15 is 0 Å². The Morgan fingerprint density at radius 3 is 2.58 bits per heavy atom. The molecule has 2 aromatic rings. The Hall–Kier alpha value is -1.75. The van der Waals surface area contributed by atoms with Gasteiger partial charge in [0.2, 0.25) is 0 Å². The average molecular weight is 327 g/mol. The number of benzene rings is 2. The molecule has 0 aliphatic carbocycles. The molecular weight excluding hydrogens is 318 g/mol. The van der Waals surface area contributed by atoms with E-state index in [1.807, 2.05) is 0 Å². The summed E-state index contributed by atoms with van der Waals surface area (Å²) in [7, 11) is 0. The summed E-state index contributed by atoms with van der Waals surface area (Å²) in [6, 6.07) is 8.51. The van der Waals surface area contributed by atoms with E-state index in [2.05, 4.69) is 15.9 Å². The second-order valence-corrected chi connectivity index (χ2v) is 4.75. The average Bonchev–Trinajstić information content (AvgIpc) is 2.41. The molecule has 0 N–H and O–H groups in total. The Labute approximate surface area is 117 Å². The molecular formula is C14H9BrF2O2. The number of rotatable bonds is 4. The lowest BCUT2D eigenvalue weighted by atomic mass is 10.2. The largest absolute Gasteiger partial charge is 0.488 e. The molecule has 5 heteroatoms. The Morgan fingerprint density at radius 1 is 1.11 bits per heavy atom. The monoisotopic (exact) mass is 326 g/mol. The Bertz CT molecular complexity index is 614. The highest BCUT2D eigenvalue weighted by molar-refractivity contribution is 9.10. The minimum absolute atomic E-state index is 0.0552. The van der Waals surface area contributed by atoms with Crippen molar-refractivity contribution in [1.82, 2.24) is 0 Å². The summed E-state index contributed by atoms with van der Waals surface area (Å²) in [6.45, 7) is 0.0552. The van der Waals surface area contributed by atoms with Gasteiger partial charge < -0.3 is 4.74 Å². The van der Waals surface area contributed by atoms with E-state index in [1.54, 1.807) is 18.2 Å². The Balaban J connectivity index is 2.14. The molecule has 0 spiro atoms. The summed E-state index contributed by atoms with van der Waals surface area (Å²) in [6.07, 6.45) is 0.672. The molecule has 0 saturated heterocycles. The standard InChI is InChI=1S/C14H9BrF2O2/c15-11-2-4-14(10(6-11)7-18)19-8-9-1-3-12(16)13(17)5-9/h1-7H,8H2. The molecule has 0 aromatic heterocycles. The van der Waals surface area contributed by atoms with E-state index in [0.29, 0.717) is 23.2 Å². The zero-order valence-corrected chi connectivity index (χ0v) is 11.3. The van der Waals surface area contributed by atoms with E-state index < -0.39 is 11.6 Å². The van der Waals surface area contributed by atoms with Gasteiger partial charge in [-0.25, -0.2) is 8.78 Å². The lowest BCUT2D eigenvalue weighted by Crippen LogP contribution is -1.99. The summed E-state index contributed by atoms with van der Waals surface area (Å²) in [4.78, 5) is 10.9. The summed E-state index contributed by atoms with van der Waals surface area (Å²) in [5.41, 5.74) is 0.871. The lowest BCUT2D eigenvalue weighted by Gasteiger charge is -2.09. The molecule has 0 saturated carbocycles. The molecule has 0 bridgehead atoms. The van der Waals surface area contributed by atoms with Crippen LogP contribution in [0.2, 0.25) is 0 Å². The molecule has 0 unspecified atom stereocenters. The van der Waals surface area contributed by atoms with Crippen LogP contribution in [-0.2, 0) is 6.61 Å². The molecule has 0 amide bonds. The first-order valence-electron chi connectivity index (χ1n) is 5.41. The van der Waals surface area contributed by atoms with Crippen LogP contribution in [0.1, 0.15) is 15.9 Å². The van der Waals surface area contributed by atoms with Crippen LogP contribution in [0.15, 0.2) is 40.9 Å². The Kier molecular flexibility index (Phi) is 4.27. The maximum absolute atomic E-state index is 13.0. The van der Waals surface area contributed by atoms with E-state index in [4.69, 9.17) is 4.74 Å². The lowest BCUT2D eigenvalue weighted by molar-refractivity contribution is 0.111. The van der Waals surface area contributed by atoms with Crippen LogP contribution in [0.3, 0.4) is 0 Å². The van der Waals surface area contributed by atoms with Crippen molar-refractivity contribution in [3.63, 3.8) is 0 Å². The van der Waals surface area contributed by atoms with Gasteiger partial charge >= 0.3 is 0 Å². The second-order valence-electron chi connectivity index (χ2n) is 3.84. The van der Waals surface area contributed by atoms with Gasteiger partial charge in [0.25, 0.3) is 0 Å². The molecule has 0 fully saturated rings. The fourth-order valence-corrected chi connectivity index (χ4v) is 1.91. The van der Waals surface area contributed by atoms with Gasteiger partial charge in [-0.1, -0.05) is 22.0 Å². The van der Waals surface area contributed by atoms with E-state index in [9.17, 15) is 13.6 Å². The number of ether oxygens (including phenoxy) is 1.